The molecule has 2 aromatic heterocycles. The number of aromatic nitrogens is 4. The lowest BCUT2D eigenvalue weighted by atomic mass is 9.86. The fourth-order valence-corrected chi connectivity index (χ4v) is 3.20. The van der Waals surface area contributed by atoms with Crippen LogP contribution in [0.3, 0.4) is 0 Å². The summed E-state index contributed by atoms with van der Waals surface area (Å²) in [5, 5.41) is 5.69. The molecule has 1 aliphatic rings. The highest BCUT2D eigenvalue weighted by molar-refractivity contribution is 6.28. The molecule has 0 unspecified atom stereocenters. The van der Waals surface area contributed by atoms with Crippen LogP contribution in [0.4, 0.5) is 0 Å². The van der Waals surface area contributed by atoms with E-state index in [1.165, 1.54) is 7.11 Å². The zero-order chi connectivity index (χ0) is 15.0. The quantitative estimate of drug-likeness (QED) is 0.630. The number of carbonyl (C=O) groups excluding carboxylic acids is 1. The Morgan fingerprint density at radius 2 is 2.29 bits per heavy atom. The predicted molar refractivity (Wildman–Crippen MR) is 78.1 cm³/mol. The number of esters is 1. The summed E-state index contributed by atoms with van der Waals surface area (Å²) in [4.78, 5) is 20.1. The Balaban J connectivity index is 1.96. The van der Waals surface area contributed by atoms with Crippen molar-refractivity contribution >= 4 is 28.6 Å². The van der Waals surface area contributed by atoms with Gasteiger partial charge < -0.3 is 4.74 Å². The van der Waals surface area contributed by atoms with Gasteiger partial charge in [0.1, 0.15) is 0 Å². The predicted octanol–water partition coefficient (Wildman–Crippen LogP) is 2.69. The van der Waals surface area contributed by atoms with Crippen molar-refractivity contribution in [1.82, 2.24) is 19.7 Å². The minimum Gasteiger partial charge on any atom is -0.469 e. The first-order valence-corrected chi connectivity index (χ1v) is 7.43. The Morgan fingerprint density at radius 1 is 1.48 bits per heavy atom. The molecular weight excluding hydrogens is 292 g/mol. The number of halogens is 1. The van der Waals surface area contributed by atoms with Crippen molar-refractivity contribution in [2.45, 2.75) is 38.6 Å². The number of hydrogen-bond acceptors (Lipinski definition) is 5. The second kappa shape index (κ2) is 5.60. The molecule has 0 spiro atoms. The number of rotatable bonds is 2. The minimum atomic E-state index is -0.138. The maximum Gasteiger partial charge on any atom is 0.308 e. The van der Waals surface area contributed by atoms with E-state index in [9.17, 15) is 4.79 Å². The van der Waals surface area contributed by atoms with Crippen molar-refractivity contribution < 1.29 is 9.53 Å². The van der Waals surface area contributed by atoms with Crippen molar-refractivity contribution in [3.8, 4) is 0 Å². The van der Waals surface area contributed by atoms with E-state index in [2.05, 4.69) is 15.1 Å². The van der Waals surface area contributed by atoms with Gasteiger partial charge in [0.15, 0.2) is 5.65 Å². The van der Waals surface area contributed by atoms with Crippen molar-refractivity contribution in [3.63, 3.8) is 0 Å². The summed E-state index contributed by atoms with van der Waals surface area (Å²) in [7, 11) is 1.44. The van der Waals surface area contributed by atoms with Gasteiger partial charge in [-0.15, -0.1) is 0 Å². The first-order chi connectivity index (χ1) is 10.1. The number of carbonyl (C=O) groups is 1. The first kappa shape index (κ1) is 14.3. The topological polar surface area (TPSA) is 69.9 Å². The molecule has 2 heterocycles. The van der Waals surface area contributed by atoms with Gasteiger partial charge in [-0.3, -0.25) is 4.79 Å². The summed E-state index contributed by atoms with van der Waals surface area (Å²) in [5.41, 5.74) is 1.62. The molecular formula is C14H17ClN4O2. The zero-order valence-corrected chi connectivity index (χ0v) is 12.8. The van der Waals surface area contributed by atoms with E-state index in [1.807, 2.05) is 11.6 Å². The molecule has 1 saturated carbocycles. The van der Waals surface area contributed by atoms with Gasteiger partial charge in [0.25, 0.3) is 0 Å². The summed E-state index contributed by atoms with van der Waals surface area (Å²) in [6.45, 7) is 1.93. The third-order valence-corrected chi connectivity index (χ3v) is 4.31. The molecule has 7 heteroatoms. The Kier molecular flexibility index (Phi) is 3.80. The Bertz CT molecular complexity index is 685. The van der Waals surface area contributed by atoms with Crippen LogP contribution in [0, 0.1) is 12.8 Å². The molecule has 1 fully saturated rings. The molecule has 0 radical (unpaired) electrons. The summed E-state index contributed by atoms with van der Waals surface area (Å²) in [6, 6.07) is 0.144. The minimum absolute atomic E-state index is 0.0642. The highest BCUT2D eigenvalue weighted by Crippen LogP contribution is 2.35. The second-order valence-electron chi connectivity index (χ2n) is 5.45. The Hall–Kier alpha value is -1.69. The lowest BCUT2D eigenvalue weighted by Crippen LogP contribution is -2.26. The first-order valence-electron chi connectivity index (χ1n) is 7.05. The van der Waals surface area contributed by atoms with Crippen LogP contribution in [0.2, 0.25) is 5.28 Å². The summed E-state index contributed by atoms with van der Waals surface area (Å²) in [5.74, 6) is -0.203. The number of hydrogen-bond donors (Lipinski definition) is 0. The average Bonchev–Trinajstić information content (AvgIpc) is 2.83. The van der Waals surface area contributed by atoms with Gasteiger partial charge in [0, 0.05) is 6.20 Å². The molecule has 2 aromatic rings. The Labute approximate surface area is 127 Å². The SMILES string of the molecule is COC(=O)[C@@H]1CCC[C@@H](n2nc(C)c3cnc(Cl)nc32)C1. The molecule has 6 nitrogen and oxygen atoms in total. The molecule has 1 aliphatic carbocycles. The summed E-state index contributed by atoms with van der Waals surface area (Å²) in [6.07, 6.45) is 5.25. The van der Waals surface area contributed by atoms with Gasteiger partial charge in [-0.05, 0) is 37.8 Å². The number of methoxy groups -OCH3 is 1. The average molecular weight is 309 g/mol. The van der Waals surface area contributed by atoms with Crippen LogP contribution in [0.1, 0.15) is 37.4 Å². The monoisotopic (exact) mass is 308 g/mol. The van der Waals surface area contributed by atoms with Crippen LogP contribution >= 0.6 is 11.6 Å². The smallest absolute Gasteiger partial charge is 0.308 e. The fraction of sp³-hybridized carbons (Fsp3) is 0.571. The summed E-state index contributed by atoms with van der Waals surface area (Å²) >= 11 is 5.90. The molecule has 0 bridgehead atoms. The molecule has 2 atom stereocenters. The van der Waals surface area contributed by atoms with Gasteiger partial charge in [-0.25, -0.2) is 9.67 Å². The lowest BCUT2D eigenvalue weighted by Gasteiger charge is -2.27. The number of ether oxygens (including phenoxy) is 1. The van der Waals surface area contributed by atoms with Crippen molar-refractivity contribution in [2.75, 3.05) is 7.11 Å². The molecule has 0 N–H and O–H groups in total. The van der Waals surface area contributed by atoms with E-state index in [0.29, 0.717) is 0 Å². The van der Waals surface area contributed by atoms with Crippen LogP contribution in [0.15, 0.2) is 6.20 Å². The molecule has 21 heavy (non-hydrogen) atoms. The van der Waals surface area contributed by atoms with E-state index in [4.69, 9.17) is 16.3 Å². The van der Waals surface area contributed by atoms with Gasteiger partial charge in [-0.1, -0.05) is 6.42 Å². The fourth-order valence-electron chi connectivity index (χ4n) is 3.07. The largest absolute Gasteiger partial charge is 0.469 e. The highest BCUT2D eigenvalue weighted by Gasteiger charge is 2.30. The van der Waals surface area contributed by atoms with Crippen LogP contribution in [-0.4, -0.2) is 32.8 Å². The number of aryl methyl sites for hydroxylation is 1. The van der Waals surface area contributed by atoms with Crippen molar-refractivity contribution in [1.29, 1.82) is 0 Å². The van der Waals surface area contributed by atoms with E-state index < -0.39 is 0 Å². The number of fused-ring (bicyclic) bond motifs is 1. The molecule has 0 aliphatic heterocycles. The molecule has 3 rings (SSSR count). The lowest BCUT2D eigenvalue weighted by molar-refractivity contribution is -0.147. The highest BCUT2D eigenvalue weighted by atomic mass is 35.5. The van der Waals surface area contributed by atoms with Gasteiger partial charge >= 0.3 is 5.97 Å². The maximum absolute atomic E-state index is 11.8. The van der Waals surface area contributed by atoms with E-state index in [1.54, 1.807) is 6.20 Å². The normalized spacial score (nSPS) is 22.4. The van der Waals surface area contributed by atoms with Crippen LogP contribution in [0.5, 0.6) is 0 Å². The molecule has 112 valence electrons. The van der Waals surface area contributed by atoms with Gasteiger partial charge in [0.05, 0.1) is 30.1 Å². The van der Waals surface area contributed by atoms with Crippen LogP contribution in [-0.2, 0) is 9.53 Å². The van der Waals surface area contributed by atoms with Crippen LogP contribution < -0.4 is 0 Å². The van der Waals surface area contributed by atoms with Gasteiger partial charge in [0.2, 0.25) is 5.28 Å². The molecule has 0 saturated heterocycles. The van der Waals surface area contributed by atoms with E-state index in [-0.39, 0.29) is 23.2 Å². The number of nitrogens with zero attached hydrogens (tertiary/aromatic N) is 4. The van der Waals surface area contributed by atoms with Gasteiger partial charge in [-0.2, -0.15) is 10.1 Å². The van der Waals surface area contributed by atoms with Crippen LogP contribution in [0.25, 0.3) is 11.0 Å². The zero-order valence-electron chi connectivity index (χ0n) is 12.0. The van der Waals surface area contributed by atoms with E-state index in [0.717, 1.165) is 42.4 Å². The molecule has 0 amide bonds. The Morgan fingerprint density at radius 3 is 3.05 bits per heavy atom. The maximum atomic E-state index is 11.8. The third-order valence-electron chi connectivity index (χ3n) is 4.13. The standard InChI is InChI=1S/C14H17ClN4O2/c1-8-11-7-16-14(15)17-12(11)19(18-8)10-5-3-4-9(6-10)13(20)21-2/h7,9-10H,3-6H2,1-2H3/t9-,10-/m1/s1. The van der Waals surface area contributed by atoms with Crippen molar-refractivity contribution in [3.05, 3.63) is 17.2 Å². The molecule has 0 aromatic carbocycles. The second-order valence-corrected chi connectivity index (χ2v) is 5.78. The third kappa shape index (κ3) is 2.60. The summed E-state index contributed by atoms with van der Waals surface area (Å²) < 4.78 is 6.77. The van der Waals surface area contributed by atoms with Crippen molar-refractivity contribution in [2.24, 2.45) is 5.92 Å². The van der Waals surface area contributed by atoms with E-state index >= 15 is 0 Å².